The number of nitrogens with zero attached hydrogens (tertiary/aromatic N) is 2. The summed E-state index contributed by atoms with van der Waals surface area (Å²) in [6.07, 6.45) is -0.218. The second-order valence-electron chi connectivity index (χ2n) is 6.36. The lowest BCUT2D eigenvalue weighted by atomic mass is 10.1. The summed E-state index contributed by atoms with van der Waals surface area (Å²) in [7, 11) is 1.50. The van der Waals surface area contributed by atoms with Gasteiger partial charge >= 0.3 is 5.97 Å². The molecule has 1 N–H and O–H groups in total. The molecule has 2 aliphatic rings. The van der Waals surface area contributed by atoms with Crippen LogP contribution >= 0.6 is 0 Å². The average molecular weight is 350 g/mol. The van der Waals surface area contributed by atoms with Gasteiger partial charge in [-0.05, 0) is 12.1 Å². The Bertz CT molecular complexity index is 725. The third-order valence-electron chi connectivity index (χ3n) is 4.76. The molecule has 0 radical (unpaired) electrons. The van der Waals surface area contributed by atoms with Gasteiger partial charge in [0.15, 0.2) is 0 Å². The predicted molar refractivity (Wildman–Crippen MR) is 86.1 cm³/mol. The molecule has 0 bridgehead atoms. The van der Waals surface area contributed by atoms with Gasteiger partial charge in [-0.3, -0.25) is 9.59 Å². The number of aliphatic carboxylic acids is 1. The summed E-state index contributed by atoms with van der Waals surface area (Å²) in [5, 5.41) is 8.94. The first kappa shape index (κ1) is 17.2. The Morgan fingerprint density at radius 1 is 1.36 bits per heavy atom. The van der Waals surface area contributed by atoms with E-state index in [-0.39, 0.29) is 37.7 Å². The van der Waals surface area contributed by atoms with Gasteiger partial charge in [-0.2, -0.15) is 0 Å². The van der Waals surface area contributed by atoms with Crippen molar-refractivity contribution in [2.45, 2.75) is 18.5 Å². The minimum absolute atomic E-state index is 0.0136. The van der Waals surface area contributed by atoms with Crippen molar-refractivity contribution < 1.29 is 28.6 Å². The molecular formula is C17H19FN2O5. The third-order valence-corrected chi connectivity index (χ3v) is 4.76. The molecule has 1 aromatic rings. The minimum Gasteiger partial charge on any atom is -0.495 e. The van der Waals surface area contributed by atoms with Gasteiger partial charge in [0.1, 0.15) is 5.75 Å². The molecule has 7 nitrogen and oxygen atoms in total. The quantitative estimate of drug-likeness (QED) is 0.878. The lowest BCUT2D eigenvalue weighted by Crippen LogP contribution is -2.41. The molecule has 2 saturated heterocycles. The van der Waals surface area contributed by atoms with Gasteiger partial charge < -0.3 is 19.6 Å². The zero-order chi connectivity index (χ0) is 18.2. The molecule has 1 aromatic carbocycles. The smallest absolute Gasteiger partial charge is 0.343 e. The van der Waals surface area contributed by atoms with Crippen molar-refractivity contribution in [1.29, 1.82) is 0 Å². The Hall–Kier alpha value is -2.64. The standard InChI is InChI=1S/C17H19FN2O5/c1-25-13-5-3-2-4-12(13)20-9-11(8-14(20)21)15(22)19-7-6-17(18,10-19)16(23)24/h2-5,11H,6-10H2,1H3,(H,23,24). The third kappa shape index (κ3) is 3.04. The van der Waals surface area contributed by atoms with Crippen molar-refractivity contribution in [3.8, 4) is 5.75 Å². The van der Waals surface area contributed by atoms with Crippen molar-refractivity contribution in [2.24, 2.45) is 5.92 Å². The monoisotopic (exact) mass is 350 g/mol. The number of rotatable bonds is 4. The Morgan fingerprint density at radius 3 is 2.72 bits per heavy atom. The van der Waals surface area contributed by atoms with Crippen LogP contribution in [0.25, 0.3) is 0 Å². The number of amides is 2. The van der Waals surface area contributed by atoms with Gasteiger partial charge in [-0.15, -0.1) is 0 Å². The van der Waals surface area contributed by atoms with E-state index in [0.717, 1.165) is 0 Å². The van der Waals surface area contributed by atoms with Crippen LogP contribution in [-0.2, 0) is 14.4 Å². The molecule has 2 aliphatic heterocycles. The Morgan fingerprint density at radius 2 is 2.08 bits per heavy atom. The van der Waals surface area contributed by atoms with Gasteiger partial charge in [0.05, 0.1) is 25.3 Å². The first-order valence-electron chi connectivity index (χ1n) is 8.00. The van der Waals surface area contributed by atoms with Crippen LogP contribution in [0.4, 0.5) is 10.1 Å². The molecule has 0 aliphatic carbocycles. The number of alkyl halides is 1. The van der Waals surface area contributed by atoms with Crippen LogP contribution < -0.4 is 9.64 Å². The number of hydrogen-bond donors (Lipinski definition) is 1. The molecule has 0 aromatic heterocycles. The van der Waals surface area contributed by atoms with E-state index in [2.05, 4.69) is 0 Å². The van der Waals surface area contributed by atoms with Crippen molar-refractivity contribution in [3.05, 3.63) is 24.3 Å². The molecule has 3 rings (SSSR count). The van der Waals surface area contributed by atoms with E-state index in [1.807, 2.05) is 0 Å². The minimum atomic E-state index is -2.40. The summed E-state index contributed by atoms with van der Waals surface area (Å²) in [4.78, 5) is 38.6. The highest BCUT2D eigenvalue weighted by molar-refractivity contribution is 6.01. The van der Waals surface area contributed by atoms with Crippen LogP contribution in [0.5, 0.6) is 5.75 Å². The largest absolute Gasteiger partial charge is 0.495 e. The molecule has 134 valence electrons. The number of ether oxygens (including phenoxy) is 1. The molecular weight excluding hydrogens is 331 g/mol. The fourth-order valence-electron chi connectivity index (χ4n) is 3.35. The molecule has 2 unspecified atom stereocenters. The number of hydrogen-bond acceptors (Lipinski definition) is 4. The number of para-hydroxylation sites is 2. The zero-order valence-electron chi connectivity index (χ0n) is 13.8. The Balaban J connectivity index is 1.73. The van der Waals surface area contributed by atoms with Gasteiger partial charge in [0, 0.05) is 25.9 Å². The van der Waals surface area contributed by atoms with Crippen LogP contribution in [0.15, 0.2) is 24.3 Å². The molecule has 25 heavy (non-hydrogen) atoms. The average Bonchev–Trinajstić information content (AvgIpc) is 3.18. The highest BCUT2D eigenvalue weighted by Crippen LogP contribution is 2.34. The summed E-state index contributed by atoms with van der Waals surface area (Å²) in [5.74, 6) is -2.24. The molecule has 2 amide bonds. The molecule has 2 fully saturated rings. The highest BCUT2D eigenvalue weighted by atomic mass is 19.1. The number of carboxylic acid groups (broad SMARTS) is 1. The number of benzene rings is 1. The predicted octanol–water partition coefficient (Wildman–Crippen LogP) is 1.07. The van der Waals surface area contributed by atoms with E-state index < -0.39 is 24.1 Å². The normalized spacial score (nSPS) is 26.2. The summed E-state index contributed by atoms with van der Waals surface area (Å²) in [5.41, 5.74) is -1.82. The first-order valence-corrected chi connectivity index (χ1v) is 8.00. The molecule has 0 spiro atoms. The molecule has 2 heterocycles. The van der Waals surface area contributed by atoms with Crippen LogP contribution in [0.3, 0.4) is 0 Å². The molecule has 8 heteroatoms. The maximum Gasteiger partial charge on any atom is 0.343 e. The van der Waals surface area contributed by atoms with Crippen molar-refractivity contribution in [2.75, 3.05) is 31.6 Å². The van der Waals surface area contributed by atoms with Crippen LogP contribution in [-0.4, -0.2) is 60.2 Å². The van der Waals surface area contributed by atoms with Crippen molar-refractivity contribution >= 4 is 23.5 Å². The van der Waals surface area contributed by atoms with Crippen LogP contribution in [0, 0.1) is 5.92 Å². The SMILES string of the molecule is COc1ccccc1N1CC(C(=O)N2CCC(F)(C(=O)O)C2)CC1=O. The lowest BCUT2D eigenvalue weighted by Gasteiger charge is -2.22. The second kappa shape index (κ2) is 6.34. The fourth-order valence-corrected chi connectivity index (χ4v) is 3.35. The summed E-state index contributed by atoms with van der Waals surface area (Å²) in [6, 6.07) is 7.01. The van der Waals surface area contributed by atoms with E-state index in [9.17, 15) is 18.8 Å². The number of anilines is 1. The molecule has 2 atom stereocenters. The maximum absolute atomic E-state index is 14.2. The van der Waals surface area contributed by atoms with Gasteiger partial charge in [-0.25, -0.2) is 9.18 Å². The highest BCUT2D eigenvalue weighted by Gasteiger charge is 2.49. The first-order chi connectivity index (χ1) is 11.9. The van der Waals surface area contributed by atoms with E-state index in [1.54, 1.807) is 24.3 Å². The number of carbonyl (C=O) groups is 3. The number of methoxy groups -OCH3 is 1. The number of halogens is 1. The van der Waals surface area contributed by atoms with Gasteiger partial charge in [-0.1, -0.05) is 12.1 Å². The Labute approximate surface area is 144 Å². The topological polar surface area (TPSA) is 87.2 Å². The second-order valence-corrected chi connectivity index (χ2v) is 6.36. The van der Waals surface area contributed by atoms with E-state index in [0.29, 0.717) is 11.4 Å². The van der Waals surface area contributed by atoms with Crippen LogP contribution in [0.2, 0.25) is 0 Å². The number of carboxylic acids is 1. The van der Waals surface area contributed by atoms with E-state index in [1.165, 1.54) is 16.9 Å². The van der Waals surface area contributed by atoms with Crippen molar-refractivity contribution in [1.82, 2.24) is 4.90 Å². The summed E-state index contributed by atoms with van der Waals surface area (Å²) in [6.45, 7) is -0.262. The van der Waals surface area contributed by atoms with Gasteiger partial charge in [0.2, 0.25) is 17.5 Å². The van der Waals surface area contributed by atoms with Crippen LogP contribution in [0.1, 0.15) is 12.8 Å². The van der Waals surface area contributed by atoms with Crippen molar-refractivity contribution in [3.63, 3.8) is 0 Å². The Kier molecular flexibility index (Phi) is 4.36. The van der Waals surface area contributed by atoms with Gasteiger partial charge in [0.25, 0.3) is 0 Å². The number of likely N-dealkylation sites (tertiary alicyclic amines) is 1. The summed E-state index contributed by atoms with van der Waals surface area (Å²) >= 11 is 0. The summed E-state index contributed by atoms with van der Waals surface area (Å²) < 4.78 is 19.4. The maximum atomic E-state index is 14.2. The van der Waals surface area contributed by atoms with E-state index >= 15 is 0 Å². The fraction of sp³-hybridized carbons (Fsp3) is 0.471. The zero-order valence-corrected chi connectivity index (χ0v) is 13.8. The molecule has 0 saturated carbocycles. The van der Waals surface area contributed by atoms with E-state index in [4.69, 9.17) is 9.84 Å². The number of carbonyl (C=O) groups excluding carboxylic acids is 2. The lowest BCUT2D eigenvalue weighted by molar-refractivity contribution is -0.150.